The summed E-state index contributed by atoms with van der Waals surface area (Å²) in [7, 11) is 2.58. The summed E-state index contributed by atoms with van der Waals surface area (Å²) >= 11 is 0. The van der Waals surface area contributed by atoms with Crippen LogP contribution in [0.4, 0.5) is 0 Å². The summed E-state index contributed by atoms with van der Waals surface area (Å²) in [6.07, 6.45) is 0.243. The van der Waals surface area contributed by atoms with Crippen molar-refractivity contribution in [2.75, 3.05) is 20.8 Å². The summed E-state index contributed by atoms with van der Waals surface area (Å²) < 4.78 is 16.3. The molecule has 0 aromatic heterocycles. The molecule has 0 aliphatic rings. The Kier molecular flexibility index (Phi) is 8.42. The molecule has 33 heavy (non-hydrogen) atoms. The van der Waals surface area contributed by atoms with Crippen molar-refractivity contribution in [1.29, 1.82) is 0 Å². The van der Waals surface area contributed by atoms with Gasteiger partial charge in [0.15, 0.2) is 6.10 Å². The summed E-state index contributed by atoms with van der Waals surface area (Å²) in [4.78, 5) is 26.6. The molecule has 5 nitrogen and oxygen atoms in total. The molecule has 0 spiro atoms. The van der Waals surface area contributed by atoms with Crippen molar-refractivity contribution in [2.24, 2.45) is 0 Å². The van der Waals surface area contributed by atoms with Gasteiger partial charge < -0.3 is 14.2 Å². The van der Waals surface area contributed by atoms with Crippen molar-refractivity contribution >= 4 is 40.0 Å². The molecule has 3 aromatic rings. The Morgan fingerprint density at radius 1 is 0.788 bits per heavy atom. The van der Waals surface area contributed by atoms with Gasteiger partial charge in [0.25, 0.3) is 0 Å². The maximum Gasteiger partial charge on any atom is 0.340 e. The topological polar surface area (TPSA) is 61.8 Å². The van der Waals surface area contributed by atoms with Crippen LogP contribution in [0, 0.1) is 0 Å². The zero-order valence-corrected chi connectivity index (χ0v) is 19.6. The van der Waals surface area contributed by atoms with E-state index >= 15 is 0 Å². The first-order chi connectivity index (χ1) is 16.1. The van der Waals surface area contributed by atoms with Gasteiger partial charge in [0.05, 0.1) is 26.1 Å². The fraction of sp³-hybridized carbons (Fsp3) is 0.148. The predicted molar refractivity (Wildman–Crippen MR) is 134 cm³/mol. The van der Waals surface area contributed by atoms with Crippen molar-refractivity contribution in [2.45, 2.75) is 6.10 Å². The number of rotatable bonds is 9. The van der Waals surface area contributed by atoms with E-state index in [0.717, 1.165) is 15.9 Å². The van der Waals surface area contributed by atoms with Crippen LogP contribution < -0.4 is 15.9 Å². The Morgan fingerprint density at radius 3 is 1.55 bits per heavy atom. The zero-order chi connectivity index (χ0) is 23.7. The smallest absolute Gasteiger partial charge is 0.340 e. The highest BCUT2D eigenvalue weighted by molar-refractivity contribution is 7.96. The van der Waals surface area contributed by atoms with Gasteiger partial charge >= 0.3 is 11.9 Å². The summed E-state index contributed by atoms with van der Waals surface area (Å²) in [5.74, 6) is -1.30. The second-order valence-electron chi connectivity index (χ2n) is 7.08. The van der Waals surface area contributed by atoms with Crippen molar-refractivity contribution < 1.29 is 23.8 Å². The van der Waals surface area contributed by atoms with Gasteiger partial charge in [0.2, 0.25) is 0 Å². The normalized spacial score (nSPS) is 11.8. The molecular formula is C27H27O5P. The minimum absolute atomic E-state index is 0.0542. The Morgan fingerprint density at radius 2 is 1.21 bits per heavy atom. The molecule has 0 amide bonds. The van der Waals surface area contributed by atoms with Crippen LogP contribution in [0.15, 0.2) is 104 Å². The van der Waals surface area contributed by atoms with Gasteiger partial charge in [0.1, 0.15) is 0 Å². The van der Waals surface area contributed by atoms with E-state index in [-0.39, 0.29) is 11.9 Å². The largest absolute Gasteiger partial charge is 0.467 e. The van der Waals surface area contributed by atoms with Gasteiger partial charge in [-0.25, -0.2) is 9.59 Å². The molecule has 0 fully saturated rings. The van der Waals surface area contributed by atoms with Crippen LogP contribution >= 0.6 is 6.89 Å². The first-order valence-electron chi connectivity index (χ1n) is 10.4. The van der Waals surface area contributed by atoms with Crippen molar-refractivity contribution in [3.63, 3.8) is 0 Å². The number of hydrogen-bond donors (Lipinski definition) is 0. The van der Waals surface area contributed by atoms with Crippen LogP contribution in [-0.4, -0.2) is 44.2 Å². The number of ether oxygens (including phenoxy) is 3. The van der Waals surface area contributed by atoms with Gasteiger partial charge in [-0.2, -0.15) is 0 Å². The molecule has 0 aliphatic carbocycles. The Bertz CT molecular complexity index is 1040. The molecule has 0 radical (unpaired) electrons. The molecule has 0 bridgehead atoms. The van der Waals surface area contributed by atoms with E-state index in [1.807, 2.05) is 91.0 Å². The first-order valence-corrected chi connectivity index (χ1v) is 12.2. The maximum atomic E-state index is 13.6. The number of carbonyl (C=O) groups is 2. The number of methoxy groups -OCH3 is 2. The van der Waals surface area contributed by atoms with E-state index in [0.29, 0.717) is 0 Å². The fourth-order valence-corrected chi connectivity index (χ4v) is 8.36. The average molecular weight is 462 g/mol. The molecule has 0 saturated heterocycles. The zero-order valence-electron chi connectivity index (χ0n) is 18.7. The fourth-order valence-electron chi connectivity index (χ4n) is 3.87. The van der Waals surface area contributed by atoms with Gasteiger partial charge in [-0.3, -0.25) is 0 Å². The van der Waals surface area contributed by atoms with Gasteiger partial charge in [-0.15, -0.1) is 6.58 Å². The van der Waals surface area contributed by atoms with E-state index in [4.69, 9.17) is 14.2 Å². The lowest BCUT2D eigenvalue weighted by atomic mass is 10.2. The van der Waals surface area contributed by atoms with Crippen LogP contribution in [0.3, 0.4) is 0 Å². The van der Waals surface area contributed by atoms with Gasteiger partial charge in [0, 0.05) is 0 Å². The van der Waals surface area contributed by atoms with Crippen molar-refractivity contribution in [1.82, 2.24) is 0 Å². The van der Waals surface area contributed by atoms with Crippen molar-refractivity contribution in [3.05, 3.63) is 104 Å². The molecule has 0 saturated carbocycles. The Balaban J connectivity index is 2.64. The molecule has 0 aliphatic heterocycles. The van der Waals surface area contributed by atoms with Crippen molar-refractivity contribution in [3.8, 4) is 0 Å². The van der Waals surface area contributed by atoms with Crippen LogP contribution in [0.2, 0.25) is 0 Å². The lowest BCUT2D eigenvalue weighted by molar-refractivity contribution is -0.150. The molecule has 3 rings (SSSR count). The average Bonchev–Trinajstić information content (AvgIpc) is 2.89. The number of benzene rings is 3. The van der Waals surface area contributed by atoms with E-state index in [2.05, 4.69) is 6.58 Å². The molecule has 3 aromatic carbocycles. The minimum Gasteiger partial charge on any atom is -0.467 e. The molecule has 1 atom stereocenters. The number of hydrogen-bond acceptors (Lipinski definition) is 5. The standard InChI is InChI=1S/C27H27O5P/c1-4-20-32-24(26(28)30-2)25(27(29)31-3)33(21-14-8-5-9-15-21,22-16-10-6-11-17-22)23-18-12-7-13-19-23/h4-19,24H,1,20H2,2-3H3. The summed E-state index contributed by atoms with van der Waals surface area (Å²) in [5.41, 5.74) is 0. The quantitative estimate of drug-likeness (QED) is 0.278. The molecule has 1 unspecified atom stereocenters. The van der Waals surface area contributed by atoms with Crippen LogP contribution in [-0.2, 0) is 23.8 Å². The molecule has 6 heteroatoms. The molecule has 0 heterocycles. The summed E-state index contributed by atoms with van der Waals surface area (Å²) in [6, 6.07) is 29.1. The highest BCUT2D eigenvalue weighted by atomic mass is 31.2. The third-order valence-electron chi connectivity index (χ3n) is 5.23. The lowest BCUT2D eigenvalue weighted by Gasteiger charge is -2.34. The predicted octanol–water partition coefficient (Wildman–Crippen LogP) is 3.07. The SMILES string of the molecule is C=CCOC(C(=O)OC)C(C(=O)OC)=P(c1ccccc1)(c1ccccc1)c1ccccc1. The second-order valence-corrected chi connectivity index (χ2v) is 10.5. The van der Waals surface area contributed by atoms with E-state index in [1.54, 1.807) is 0 Å². The van der Waals surface area contributed by atoms with Crippen LogP contribution in [0.5, 0.6) is 0 Å². The van der Waals surface area contributed by atoms with E-state index in [1.165, 1.54) is 20.3 Å². The third kappa shape index (κ3) is 4.85. The molecular weight excluding hydrogens is 435 g/mol. The summed E-state index contributed by atoms with van der Waals surface area (Å²) in [5, 5.41) is 2.87. The Labute approximate surface area is 194 Å². The molecule has 170 valence electrons. The van der Waals surface area contributed by atoms with Gasteiger partial charge in [-0.05, 0) is 22.8 Å². The van der Waals surface area contributed by atoms with Gasteiger partial charge in [-0.1, -0.05) is 97.1 Å². The van der Waals surface area contributed by atoms with Crippen LogP contribution in [0.25, 0.3) is 0 Å². The third-order valence-corrected chi connectivity index (χ3v) is 9.59. The first kappa shape index (κ1) is 24.2. The highest BCUT2D eigenvalue weighted by Gasteiger charge is 2.41. The van der Waals surface area contributed by atoms with E-state index in [9.17, 15) is 9.59 Å². The second kappa shape index (κ2) is 11.5. The maximum absolute atomic E-state index is 13.6. The minimum atomic E-state index is -2.92. The highest BCUT2D eigenvalue weighted by Crippen LogP contribution is 2.47. The molecule has 0 N–H and O–H groups in total. The Hall–Kier alpha value is -3.40. The lowest BCUT2D eigenvalue weighted by Crippen LogP contribution is -2.45. The monoisotopic (exact) mass is 462 g/mol. The summed E-state index contributed by atoms with van der Waals surface area (Å²) in [6.45, 7) is 0.822. The van der Waals surface area contributed by atoms with E-state index < -0.39 is 24.9 Å². The number of carbonyl (C=O) groups excluding carboxylic acids is 2. The number of esters is 2. The van der Waals surface area contributed by atoms with Crippen LogP contribution in [0.1, 0.15) is 0 Å².